The number of rotatable bonds is 4. The number of nitrogens with two attached hydrogens (primary N) is 1. The molecular weight excluding hydrogens is 244 g/mol. The van der Waals surface area contributed by atoms with Gasteiger partial charge in [-0.15, -0.1) is 0 Å². The monoisotopic (exact) mass is 262 g/mol. The number of amides is 2. The second kappa shape index (κ2) is 6.33. The van der Waals surface area contributed by atoms with Gasteiger partial charge in [0.05, 0.1) is 12.5 Å². The summed E-state index contributed by atoms with van der Waals surface area (Å²) in [7, 11) is 0. The fraction of sp³-hybridized carbons (Fsp3) is 0.429. The molecule has 2 rings (SSSR count). The number of nitrogens with one attached hydrogen (secondary N) is 1. The number of ether oxygens (including phenoxy) is 1. The molecule has 5 nitrogen and oxygen atoms in total. The highest BCUT2D eigenvalue weighted by Crippen LogP contribution is 2.17. The third-order valence-corrected chi connectivity index (χ3v) is 3.14. The lowest BCUT2D eigenvalue weighted by Gasteiger charge is -2.21. The summed E-state index contributed by atoms with van der Waals surface area (Å²) in [4.78, 5) is 22.7. The first-order valence-corrected chi connectivity index (χ1v) is 6.46. The van der Waals surface area contributed by atoms with Gasteiger partial charge in [0.2, 0.25) is 11.8 Å². The molecule has 1 heterocycles. The second-order valence-corrected chi connectivity index (χ2v) is 4.68. The molecule has 0 aliphatic carbocycles. The average Bonchev–Trinajstić information content (AvgIpc) is 2.40. The Bertz CT molecular complexity index is 450. The minimum atomic E-state index is -0.478. The standard InChI is InChI=1S/C14H18N2O3/c15-14(18)10-4-6-11(7-5-10)16-13(17)9-12-3-1-2-8-19-12/h4-7,12H,1-3,8-9H2,(H2,15,18)(H,16,17). The van der Waals surface area contributed by atoms with E-state index in [4.69, 9.17) is 10.5 Å². The van der Waals surface area contributed by atoms with Crippen LogP contribution >= 0.6 is 0 Å². The van der Waals surface area contributed by atoms with Crippen LogP contribution in [0.15, 0.2) is 24.3 Å². The van der Waals surface area contributed by atoms with E-state index in [2.05, 4.69) is 5.32 Å². The highest BCUT2D eigenvalue weighted by molar-refractivity contribution is 5.94. The van der Waals surface area contributed by atoms with E-state index in [1.54, 1.807) is 24.3 Å². The van der Waals surface area contributed by atoms with Gasteiger partial charge in [0.1, 0.15) is 0 Å². The molecule has 0 aromatic heterocycles. The zero-order valence-corrected chi connectivity index (χ0v) is 10.7. The van der Waals surface area contributed by atoms with Crippen molar-refractivity contribution < 1.29 is 14.3 Å². The van der Waals surface area contributed by atoms with Crippen LogP contribution in [0.4, 0.5) is 5.69 Å². The summed E-state index contributed by atoms with van der Waals surface area (Å²) in [6.07, 6.45) is 3.53. The fourth-order valence-corrected chi connectivity index (χ4v) is 2.11. The van der Waals surface area contributed by atoms with E-state index >= 15 is 0 Å². The lowest BCUT2D eigenvalue weighted by molar-refractivity contribution is -0.119. The van der Waals surface area contributed by atoms with Crippen molar-refractivity contribution in [3.8, 4) is 0 Å². The number of carbonyl (C=O) groups is 2. The van der Waals surface area contributed by atoms with Gasteiger partial charge in [-0.25, -0.2) is 0 Å². The Balaban J connectivity index is 1.85. The smallest absolute Gasteiger partial charge is 0.248 e. The number of benzene rings is 1. The topological polar surface area (TPSA) is 81.4 Å². The molecule has 1 aliphatic heterocycles. The third kappa shape index (κ3) is 4.06. The molecule has 1 unspecified atom stereocenters. The van der Waals surface area contributed by atoms with Crippen molar-refractivity contribution in [3.05, 3.63) is 29.8 Å². The van der Waals surface area contributed by atoms with Crippen molar-refractivity contribution in [2.75, 3.05) is 11.9 Å². The van der Waals surface area contributed by atoms with Crippen molar-refractivity contribution in [2.24, 2.45) is 5.73 Å². The van der Waals surface area contributed by atoms with Crippen molar-refractivity contribution in [3.63, 3.8) is 0 Å². The van der Waals surface area contributed by atoms with E-state index in [1.807, 2.05) is 0 Å². The minimum absolute atomic E-state index is 0.0265. The number of carbonyl (C=O) groups excluding carboxylic acids is 2. The van der Waals surface area contributed by atoms with Gasteiger partial charge in [0.15, 0.2) is 0 Å². The predicted molar refractivity (Wildman–Crippen MR) is 71.8 cm³/mol. The molecule has 1 atom stereocenters. The first-order valence-electron chi connectivity index (χ1n) is 6.46. The average molecular weight is 262 g/mol. The van der Waals surface area contributed by atoms with Gasteiger partial charge in [-0.3, -0.25) is 9.59 Å². The molecular formula is C14H18N2O3. The molecule has 19 heavy (non-hydrogen) atoms. The summed E-state index contributed by atoms with van der Waals surface area (Å²) in [5.74, 6) is -0.549. The zero-order valence-electron chi connectivity index (χ0n) is 10.7. The maximum absolute atomic E-state index is 11.8. The summed E-state index contributed by atoms with van der Waals surface area (Å²) >= 11 is 0. The van der Waals surface area contributed by atoms with Gasteiger partial charge in [-0.05, 0) is 43.5 Å². The van der Waals surface area contributed by atoms with E-state index < -0.39 is 5.91 Å². The molecule has 1 fully saturated rings. The lowest BCUT2D eigenvalue weighted by Crippen LogP contribution is -2.25. The predicted octanol–water partition coefficient (Wildman–Crippen LogP) is 1.68. The highest BCUT2D eigenvalue weighted by Gasteiger charge is 2.17. The van der Waals surface area contributed by atoms with E-state index in [9.17, 15) is 9.59 Å². The Morgan fingerprint density at radius 1 is 1.26 bits per heavy atom. The SMILES string of the molecule is NC(=O)c1ccc(NC(=O)CC2CCCCO2)cc1. The highest BCUT2D eigenvalue weighted by atomic mass is 16.5. The summed E-state index contributed by atoms with van der Waals surface area (Å²) in [5.41, 5.74) is 6.23. The van der Waals surface area contributed by atoms with E-state index in [0.717, 1.165) is 25.9 Å². The van der Waals surface area contributed by atoms with Gasteiger partial charge < -0.3 is 15.8 Å². The summed E-state index contributed by atoms with van der Waals surface area (Å²) < 4.78 is 5.51. The summed E-state index contributed by atoms with van der Waals surface area (Å²) in [6, 6.07) is 6.52. The lowest BCUT2D eigenvalue weighted by atomic mass is 10.1. The molecule has 0 bridgehead atoms. The molecule has 5 heteroatoms. The summed E-state index contributed by atoms with van der Waals surface area (Å²) in [5, 5.41) is 2.78. The number of primary amides is 1. The van der Waals surface area contributed by atoms with Crippen LogP contribution in [-0.4, -0.2) is 24.5 Å². The normalized spacial score (nSPS) is 18.8. The Hall–Kier alpha value is -1.88. The minimum Gasteiger partial charge on any atom is -0.378 e. The van der Waals surface area contributed by atoms with Crippen LogP contribution < -0.4 is 11.1 Å². The van der Waals surface area contributed by atoms with Crippen molar-refractivity contribution >= 4 is 17.5 Å². The molecule has 1 saturated heterocycles. The molecule has 1 aromatic carbocycles. The number of hydrogen-bond donors (Lipinski definition) is 2. The van der Waals surface area contributed by atoms with Crippen LogP contribution in [0.3, 0.4) is 0 Å². The van der Waals surface area contributed by atoms with Gasteiger partial charge in [0.25, 0.3) is 0 Å². The maximum Gasteiger partial charge on any atom is 0.248 e. The molecule has 0 radical (unpaired) electrons. The second-order valence-electron chi connectivity index (χ2n) is 4.68. The van der Waals surface area contributed by atoms with Crippen molar-refractivity contribution in [1.29, 1.82) is 0 Å². The quantitative estimate of drug-likeness (QED) is 0.866. The molecule has 1 aromatic rings. The largest absolute Gasteiger partial charge is 0.378 e. The third-order valence-electron chi connectivity index (χ3n) is 3.14. The van der Waals surface area contributed by atoms with Gasteiger partial charge in [-0.2, -0.15) is 0 Å². The van der Waals surface area contributed by atoms with Gasteiger partial charge in [0, 0.05) is 17.9 Å². The molecule has 1 aliphatic rings. The Morgan fingerprint density at radius 2 is 2.00 bits per heavy atom. The number of hydrogen-bond acceptors (Lipinski definition) is 3. The van der Waals surface area contributed by atoms with Gasteiger partial charge >= 0.3 is 0 Å². The van der Waals surface area contributed by atoms with E-state index in [1.165, 1.54) is 0 Å². The Kier molecular flexibility index (Phi) is 4.52. The van der Waals surface area contributed by atoms with Crippen LogP contribution in [0.5, 0.6) is 0 Å². The van der Waals surface area contributed by atoms with Crippen LogP contribution in [0, 0.1) is 0 Å². The first kappa shape index (κ1) is 13.5. The first-order chi connectivity index (χ1) is 9.15. The maximum atomic E-state index is 11.8. The Morgan fingerprint density at radius 3 is 2.58 bits per heavy atom. The van der Waals surface area contributed by atoms with Crippen LogP contribution in [0.1, 0.15) is 36.0 Å². The Labute approximate surface area is 112 Å². The molecule has 0 saturated carbocycles. The van der Waals surface area contributed by atoms with Crippen molar-refractivity contribution in [2.45, 2.75) is 31.8 Å². The fourth-order valence-electron chi connectivity index (χ4n) is 2.11. The van der Waals surface area contributed by atoms with E-state index in [0.29, 0.717) is 17.7 Å². The van der Waals surface area contributed by atoms with Crippen LogP contribution in [0.25, 0.3) is 0 Å². The van der Waals surface area contributed by atoms with Crippen LogP contribution in [0.2, 0.25) is 0 Å². The number of anilines is 1. The van der Waals surface area contributed by atoms with Crippen LogP contribution in [-0.2, 0) is 9.53 Å². The zero-order chi connectivity index (χ0) is 13.7. The van der Waals surface area contributed by atoms with Crippen molar-refractivity contribution in [1.82, 2.24) is 0 Å². The molecule has 3 N–H and O–H groups in total. The van der Waals surface area contributed by atoms with E-state index in [-0.39, 0.29) is 12.0 Å². The molecule has 0 spiro atoms. The van der Waals surface area contributed by atoms with Gasteiger partial charge in [-0.1, -0.05) is 0 Å². The summed E-state index contributed by atoms with van der Waals surface area (Å²) in [6.45, 7) is 0.741. The molecule has 2 amide bonds. The molecule has 102 valence electrons.